The van der Waals surface area contributed by atoms with Gasteiger partial charge in [0.25, 0.3) is 0 Å². The quantitative estimate of drug-likeness (QED) is 0.442. The van der Waals surface area contributed by atoms with E-state index in [0.29, 0.717) is 28.3 Å². The Bertz CT molecular complexity index is 1220. The molecule has 5 rings (SSSR count). The molecule has 4 aromatic rings. The molecule has 0 saturated carbocycles. The molecule has 0 unspecified atom stereocenters. The van der Waals surface area contributed by atoms with Gasteiger partial charge in [-0.1, -0.05) is 36.4 Å². The van der Waals surface area contributed by atoms with E-state index in [1.807, 2.05) is 60.7 Å². The number of rotatable bonds is 0. The maximum Gasteiger partial charge on any atom is 0.197 e. The first-order chi connectivity index (χ1) is 11.7. The average molecular weight is 311 g/mol. The van der Waals surface area contributed by atoms with Crippen LogP contribution in [0.4, 0.5) is 0 Å². The number of hydrogen-bond acceptors (Lipinski definition) is 2. The van der Waals surface area contributed by atoms with Crippen molar-refractivity contribution in [3.05, 3.63) is 93.1 Å². The maximum atomic E-state index is 12.8. The molecule has 0 fully saturated rings. The molecule has 1 aliphatic rings. The van der Waals surface area contributed by atoms with E-state index in [1.165, 1.54) is 0 Å². The van der Waals surface area contributed by atoms with E-state index >= 15 is 0 Å². The second-order valence-corrected chi connectivity index (χ2v) is 6.22. The monoisotopic (exact) mass is 311 g/mol. The minimum absolute atomic E-state index is 0.00783. The van der Waals surface area contributed by atoms with Gasteiger partial charge in [-0.2, -0.15) is 0 Å². The zero-order valence-electron chi connectivity index (χ0n) is 12.8. The molecule has 1 N–H and O–H groups in total. The number of ketones is 1. The van der Waals surface area contributed by atoms with Crippen LogP contribution in [0.3, 0.4) is 0 Å². The minimum Gasteiger partial charge on any atom is -0.354 e. The van der Waals surface area contributed by atoms with Crippen LogP contribution in [-0.2, 0) is 6.42 Å². The summed E-state index contributed by atoms with van der Waals surface area (Å²) in [7, 11) is 0. The van der Waals surface area contributed by atoms with E-state index in [4.69, 9.17) is 0 Å². The highest BCUT2D eigenvalue weighted by molar-refractivity contribution is 6.14. The first-order valence-electron chi connectivity index (χ1n) is 7.92. The normalized spacial score (nSPS) is 13.1. The topological polar surface area (TPSA) is 49.9 Å². The van der Waals surface area contributed by atoms with Gasteiger partial charge < -0.3 is 4.98 Å². The molecule has 1 heterocycles. The van der Waals surface area contributed by atoms with E-state index in [1.54, 1.807) is 0 Å². The Kier molecular flexibility index (Phi) is 2.57. The molecule has 0 atom stereocenters. The number of benzene rings is 3. The summed E-state index contributed by atoms with van der Waals surface area (Å²) < 4.78 is 0. The van der Waals surface area contributed by atoms with Crippen molar-refractivity contribution in [1.82, 2.24) is 4.98 Å². The predicted molar refractivity (Wildman–Crippen MR) is 94.8 cm³/mol. The van der Waals surface area contributed by atoms with Crippen molar-refractivity contribution < 1.29 is 4.79 Å². The van der Waals surface area contributed by atoms with Crippen LogP contribution < -0.4 is 5.43 Å². The molecule has 24 heavy (non-hydrogen) atoms. The number of aromatic nitrogens is 1. The van der Waals surface area contributed by atoms with Crippen molar-refractivity contribution in [1.29, 1.82) is 0 Å². The molecule has 114 valence electrons. The highest BCUT2D eigenvalue weighted by Crippen LogP contribution is 2.29. The fraction of sp³-hybridized carbons (Fsp3) is 0.0476. The van der Waals surface area contributed by atoms with Crippen LogP contribution in [0.2, 0.25) is 0 Å². The number of carbonyl (C=O) groups is 1. The van der Waals surface area contributed by atoms with Gasteiger partial charge in [0.15, 0.2) is 11.2 Å². The number of hydrogen-bond donors (Lipinski definition) is 1. The predicted octanol–water partition coefficient (Wildman–Crippen LogP) is 3.82. The number of aromatic amines is 1. The molecule has 3 aromatic carbocycles. The van der Waals surface area contributed by atoms with Crippen molar-refractivity contribution in [2.45, 2.75) is 6.42 Å². The molecule has 0 spiro atoms. The van der Waals surface area contributed by atoms with Gasteiger partial charge >= 0.3 is 0 Å². The van der Waals surface area contributed by atoms with Crippen molar-refractivity contribution in [3.8, 4) is 0 Å². The van der Waals surface area contributed by atoms with Crippen LogP contribution >= 0.6 is 0 Å². The summed E-state index contributed by atoms with van der Waals surface area (Å²) in [6.07, 6.45) is 0.680. The summed E-state index contributed by atoms with van der Waals surface area (Å²) >= 11 is 0. The van der Waals surface area contributed by atoms with Crippen LogP contribution in [0.25, 0.3) is 21.8 Å². The maximum absolute atomic E-state index is 12.8. The van der Waals surface area contributed by atoms with Gasteiger partial charge in [-0.3, -0.25) is 9.59 Å². The first kappa shape index (κ1) is 13.3. The van der Waals surface area contributed by atoms with Gasteiger partial charge in [0.1, 0.15) is 0 Å². The molecular weight excluding hydrogens is 298 g/mol. The molecule has 3 heteroatoms. The lowest BCUT2D eigenvalue weighted by molar-refractivity contribution is 0.103. The molecule has 0 aliphatic heterocycles. The van der Waals surface area contributed by atoms with Gasteiger partial charge in [-0.15, -0.1) is 0 Å². The molecule has 0 bridgehead atoms. The Morgan fingerprint density at radius 3 is 2.42 bits per heavy atom. The highest BCUT2D eigenvalue weighted by atomic mass is 16.1. The lowest BCUT2D eigenvalue weighted by Gasteiger charge is -2.19. The molecule has 0 amide bonds. The fourth-order valence-electron chi connectivity index (χ4n) is 3.62. The number of fused-ring (bicyclic) bond motifs is 4. The van der Waals surface area contributed by atoms with Crippen molar-refractivity contribution in [2.24, 2.45) is 0 Å². The van der Waals surface area contributed by atoms with E-state index in [-0.39, 0.29) is 11.2 Å². The van der Waals surface area contributed by atoms with E-state index in [9.17, 15) is 9.59 Å². The third-order valence-electron chi connectivity index (χ3n) is 4.82. The van der Waals surface area contributed by atoms with Crippen LogP contribution in [0.5, 0.6) is 0 Å². The second kappa shape index (κ2) is 4.65. The zero-order chi connectivity index (χ0) is 16.3. The van der Waals surface area contributed by atoms with Crippen LogP contribution in [0, 0.1) is 0 Å². The summed E-state index contributed by atoms with van der Waals surface area (Å²) in [5.74, 6) is 0.0303. The summed E-state index contributed by atoms with van der Waals surface area (Å²) in [5, 5.41) is 1.31. The number of carbonyl (C=O) groups excluding carboxylic acids is 1. The molecular formula is C21H13NO2. The zero-order valence-corrected chi connectivity index (χ0v) is 12.8. The number of pyridine rings is 1. The standard InChI is InChI=1S/C21H13NO2/c23-20-14-6-2-1-5-12(14)9-13-10-17-19(11-16(13)20)22-18-8-4-3-7-15(18)21(17)24/h1-8,10-11H,9H2,(H,22,24). The van der Waals surface area contributed by atoms with Crippen molar-refractivity contribution in [3.63, 3.8) is 0 Å². The molecule has 0 saturated heterocycles. The summed E-state index contributed by atoms with van der Waals surface area (Å²) in [5.41, 5.74) is 4.90. The largest absolute Gasteiger partial charge is 0.354 e. The summed E-state index contributed by atoms with van der Waals surface area (Å²) in [6, 6.07) is 18.8. The van der Waals surface area contributed by atoms with Crippen LogP contribution in [0.15, 0.2) is 65.5 Å². The van der Waals surface area contributed by atoms with Gasteiger partial charge in [0.2, 0.25) is 0 Å². The molecule has 1 aromatic heterocycles. The third kappa shape index (κ3) is 1.72. The Morgan fingerprint density at radius 1 is 0.708 bits per heavy atom. The Morgan fingerprint density at radius 2 is 1.50 bits per heavy atom. The summed E-state index contributed by atoms with van der Waals surface area (Å²) in [4.78, 5) is 28.9. The van der Waals surface area contributed by atoms with Crippen LogP contribution in [-0.4, -0.2) is 10.8 Å². The Balaban J connectivity index is 1.86. The van der Waals surface area contributed by atoms with Gasteiger partial charge in [-0.25, -0.2) is 0 Å². The van der Waals surface area contributed by atoms with Gasteiger partial charge in [-0.05, 0) is 41.8 Å². The Hall–Kier alpha value is -3.20. The average Bonchev–Trinajstić information content (AvgIpc) is 2.62. The number of para-hydroxylation sites is 1. The van der Waals surface area contributed by atoms with Crippen LogP contribution in [0.1, 0.15) is 27.0 Å². The second-order valence-electron chi connectivity index (χ2n) is 6.22. The van der Waals surface area contributed by atoms with Gasteiger partial charge in [0, 0.05) is 27.4 Å². The lowest BCUT2D eigenvalue weighted by atomic mass is 9.84. The number of H-pyrrole nitrogens is 1. The lowest BCUT2D eigenvalue weighted by Crippen LogP contribution is -2.16. The van der Waals surface area contributed by atoms with Gasteiger partial charge in [0.05, 0.1) is 5.52 Å². The van der Waals surface area contributed by atoms with E-state index in [2.05, 4.69) is 4.98 Å². The van der Waals surface area contributed by atoms with Crippen molar-refractivity contribution >= 4 is 27.6 Å². The SMILES string of the molecule is O=C1c2ccccc2Cc2cc3c(=O)c4ccccc4[nH]c3cc21. The molecule has 1 aliphatic carbocycles. The minimum atomic E-state index is 0.00783. The third-order valence-corrected chi connectivity index (χ3v) is 4.82. The smallest absolute Gasteiger partial charge is 0.197 e. The van der Waals surface area contributed by atoms with E-state index in [0.717, 1.165) is 22.2 Å². The van der Waals surface area contributed by atoms with Crippen molar-refractivity contribution in [2.75, 3.05) is 0 Å². The highest BCUT2D eigenvalue weighted by Gasteiger charge is 2.24. The Labute approximate surface area is 137 Å². The summed E-state index contributed by atoms with van der Waals surface area (Å²) in [6.45, 7) is 0. The molecule has 0 radical (unpaired) electrons. The number of nitrogens with one attached hydrogen (secondary N) is 1. The fourth-order valence-corrected chi connectivity index (χ4v) is 3.62. The molecule has 3 nitrogen and oxygen atoms in total. The first-order valence-corrected chi connectivity index (χ1v) is 7.92. The van der Waals surface area contributed by atoms with E-state index < -0.39 is 0 Å².